The van der Waals surface area contributed by atoms with Crippen molar-refractivity contribution in [1.29, 1.82) is 0 Å². The smallest absolute Gasteiger partial charge is 0.372 e. The molecule has 5 aromatic carbocycles. The summed E-state index contributed by atoms with van der Waals surface area (Å²) in [5.41, 5.74) is 8.54. The van der Waals surface area contributed by atoms with E-state index in [1.165, 1.54) is 22.5 Å². The number of H-pyrrole nitrogens is 3. The number of hydrogen-bond acceptors (Lipinski definition) is 12. The van der Waals surface area contributed by atoms with Gasteiger partial charge in [-0.3, -0.25) is 0 Å². The van der Waals surface area contributed by atoms with E-state index < -0.39 is 0 Å². The van der Waals surface area contributed by atoms with Crippen LogP contribution in [0.4, 0.5) is 52.0 Å². The number of aromatic amines is 3. The maximum atomic E-state index is 4.23. The minimum atomic E-state index is 0. The minimum absolute atomic E-state index is 0. The van der Waals surface area contributed by atoms with Gasteiger partial charge in [-0.2, -0.15) is 0 Å². The van der Waals surface area contributed by atoms with Crippen LogP contribution in [0.15, 0.2) is 183 Å². The van der Waals surface area contributed by atoms with E-state index in [0.717, 1.165) is 55.5 Å². The fourth-order valence-electron chi connectivity index (χ4n) is 6.48. The summed E-state index contributed by atoms with van der Waals surface area (Å²) in [5, 5.41) is 45.0. The Hall–Kier alpha value is -8.28. The molecule has 0 radical (unpaired) electrons. The number of azo groups is 3. The van der Waals surface area contributed by atoms with Crippen molar-refractivity contribution in [3.63, 3.8) is 0 Å². The van der Waals surface area contributed by atoms with E-state index in [0.29, 0.717) is 17.8 Å². The average Bonchev–Trinajstić information content (AvgIpc) is 4.19. The summed E-state index contributed by atoms with van der Waals surface area (Å²) in [5.74, 6) is 1.83. The lowest BCUT2D eigenvalue weighted by Gasteiger charge is -2.23. The van der Waals surface area contributed by atoms with Crippen molar-refractivity contribution >= 4 is 52.0 Å². The van der Waals surface area contributed by atoms with E-state index in [2.05, 4.69) is 177 Å². The van der Waals surface area contributed by atoms with Crippen LogP contribution in [-0.2, 0) is 34.2 Å². The van der Waals surface area contributed by atoms with Gasteiger partial charge in [0.25, 0.3) is 0 Å². The molecule has 0 aliphatic rings. The number of benzene rings is 5. The van der Waals surface area contributed by atoms with Crippen LogP contribution in [0.25, 0.3) is 0 Å². The summed E-state index contributed by atoms with van der Waals surface area (Å²) in [6, 6.07) is 45.0. The fraction of sp³-hybridized carbons (Fsp3) is 0.316. The predicted octanol–water partition coefficient (Wildman–Crippen LogP) is 13.9. The van der Waals surface area contributed by atoms with Gasteiger partial charge in [0.15, 0.2) is 0 Å². The second-order valence-corrected chi connectivity index (χ2v) is 15.0. The molecule has 3 N–H and O–H groups in total. The quantitative estimate of drug-likeness (QED) is 0.0492. The highest BCUT2D eigenvalue weighted by molar-refractivity contribution is 5.54. The second-order valence-electron chi connectivity index (χ2n) is 15.0. The number of aryl methyl sites for hydroxylation is 3. The van der Waals surface area contributed by atoms with Gasteiger partial charge < -0.3 is 37.0 Å². The molecule has 18 heteroatoms. The van der Waals surface area contributed by atoms with Gasteiger partial charge in [0, 0.05) is 72.2 Å². The number of nitrogens with zero attached hydrogens (tertiary/aromatic N) is 15. The normalized spacial score (nSPS) is 9.99. The number of anilines is 3. The minimum Gasteiger partial charge on any atom is -0.372 e. The van der Waals surface area contributed by atoms with E-state index in [9.17, 15) is 0 Å². The van der Waals surface area contributed by atoms with E-state index in [1.807, 2.05) is 123 Å². The summed E-state index contributed by atoms with van der Waals surface area (Å²) in [6.45, 7) is 23.2. The van der Waals surface area contributed by atoms with Crippen molar-refractivity contribution in [3.8, 4) is 0 Å². The van der Waals surface area contributed by atoms with Crippen LogP contribution in [0.5, 0.6) is 0 Å². The van der Waals surface area contributed by atoms with Gasteiger partial charge in [-0.1, -0.05) is 118 Å². The third kappa shape index (κ3) is 22.6. The number of nitrogens with one attached hydrogen (secondary N) is 3. The lowest BCUT2D eigenvalue weighted by atomic mass is 10.2. The highest BCUT2D eigenvalue weighted by atomic mass is 15.4. The molecule has 0 saturated heterocycles. The summed E-state index contributed by atoms with van der Waals surface area (Å²) in [7, 11) is 7.67. The monoisotopic (exact) mass is 1020 g/mol. The summed E-state index contributed by atoms with van der Waals surface area (Å²) in [4.78, 5) is 6.81. The van der Waals surface area contributed by atoms with Crippen LogP contribution in [0.1, 0.15) is 73.4 Å². The zero-order chi connectivity index (χ0) is 52.5. The first-order valence-electron chi connectivity index (χ1n) is 24.7. The Morgan fingerprint density at radius 2 is 0.680 bits per heavy atom. The first-order valence-corrected chi connectivity index (χ1v) is 24.7. The van der Waals surface area contributed by atoms with Crippen molar-refractivity contribution in [1.82, 2.24) is 30.6 Å². The van der Waals surface area contributed by atoms with Crippen LogP contribution in [0.2, 0.25) is 0 Å². The summed E-state index contributed by atoms with van der Waals surface area (Å²) < 4.78 is 5.32. The molecule has 0 bridgehead atoms. The molecule has 0 fully saturated rings. The largest absolute Gasteiger partial charge is 0.401 e. The first-order chi connectivity index (χ1) is 35.2. The van der Waals surface area contributed by atoms with Crippen molar-refractivity contribution in [2.75, 3.05) is 41.4 Å². The van der Waals surface area contributed by atoms with Gasteiger partial charge in [-0.15, -0.1) is 15.3 Å². The first kappa shape index (κ1) is 66.7. The Morgan fingerprint density at radius 3 is 0.973 bits per heavy atom. The Labute approximate surface area is 449 Å². The van der Waals surface area contributed by atoms with Gasteiger partial charge in [-0.25, -0.2) is 13.7 Å². The molecule has 8 aromatic rings. The van der Waals surface area contributed by atoms with Crippen LogP contribution in [-0.4, -0.2) is 57.3 Å². The van der Waals surface area contributed by atoms with Gasteiger partial charge in [0.1, 0.15) is 0 Å². The Kier molecular flexibility index (Phi) is 34.1. The molecule has 18 nitrogen and oxygen atoms in total. The summed E-state index contributed by atoms with van der Waals surface area (Å²) >= 11 is 0. The zero-order valence-electron chi connectivity index (χ0n) is 47.7. The third-order valence-corrected chi connectivity index (χ3v) is 10.3. The Balaban J connectivity index is 0.00000103. The van der Waals surface area contributed by atoms with Crippen molar-refractivity contribution < 1.29 is 13.7 Å². The maximum absolute atomic E-state index is 4.23. The molecule has 0 saturated carbocycles. The highest BCUT2D eigenvalue weighted by Gasteiger charge is 2.10. The van der Waals surface area contributed by atoms with Crippen molar-refractivity contribution in [2.24, 2.45) is 51.8 Å². The lowest BCUT2D eigenvalue weighted by Crippen LogP contribution is -2.24. The molecular formula is C57H86N18. The summed E-state index contributed by atoms with van der Waals surface area (Å²) in [6.07, 6.45) is 4.95. The second kappa shape index (κ2) is 38.4. The number of rotatable bonds is 16. The molecule has 0 spiro atoms. The molecule has 0 aliphatic heterocycles. The molecule has 8 rings (SSSR count). The van der Waals surface area contributed by atoms with E-state index >= 15 is 0 Å². The molecule has 0 unspecified atom stereocenters. The molecule has 3 heterocycles. The Bertz CT molecular complexity index is 2710. The van der Waals surface area contributed by atoms with Gasteiger partial charge in [0.05, 0.1) is 38.2 Å². The molecule has 0 aliphatic carbocycles. The van der Waals surface area contributed by atoms with Gasteiger partial charge in [-0.05, 0) is 120 Å². The zero-order valence-corrected chi connectivity index (χ0v) is 47.7. The highest BCUT2D eigenvalue weighted by Crippen LogP contribution is 2.24. The lowest BCUT2D eigenvalue weighted by molar-refractivity contribution is -0.658. The van der Waals surface area contributed by atoms with Crippen LogP contribution in [0.3, 0.4) is 0 Å². The van der Waals surface area contributed by atoms with Gasteiger partial charge in [0.2, 0.25) is 19.0 Å². The molecule has 75 heavy (non-hydrogen) atoms. The topological polar surface area (TPSA) is 182 Å². The standard InChI is InChI=1S/C18H20N6.C17H18N6.C13H18N6.3C2H6.3CH3/c1-3-24(13-15-7-5-4-6-8-15)17-11-9-16(10-12-17)20-22-18-21-19-14-23(18)2;1-22(12-14-6-4-3-5-7-14)16-10-8-15(9-11-16)19-21-17-20-18-13-23(17)2;1-4-19(5-2)12-8-6-11(7-9-12)15-17-13-16-14-10-18(13)3;3*1-2;;;/h4-12,14H,3,13H2,1-2H3;3-11,13H,12H2,1-2H3;6-10H,4-5H2,1-3H3;3*1-2H3;3*1H3/q;;;;;;3*-1/p+3. The van der Waals surface area contributed by atoms with E-state index in [4.69, 9.17) is 0 Å². The molecule has 3 aromatic heterocycles. The Morgan fingerprint density at radius 1 is 0.387 bits per heavy atom. The SMILES string of the molecule is CC.CC.CC.CCN(CC)c1ccc(N=Nc2[nH]nc[n+]2C)cc1.CCN(Cc1ccccc1)c1ccc(N=Nc2[nH]nc[n+]2C)cc1.CN(Cc1ccccc1)c1ccc(N=Nc2[nH]nc[n+]2C)cc1.[CH3-].[CH3-].[CH3-]. The number of hydrogen-bond donors (Lipinski definition) is 3. The van der Waals surface area contributed by atoms with E-state index in [1.54, 1.807) is 32.7 Å². The molecule has 404 valence electrons. The predicted molar refractivity (Wildman–Crippen MR) is 310 cm³/mol. The fourth-order valence-corrected chi connectivity index (χ4v) is 6.48. The van der Waals surface area contributed by atoms with Crippen molar-refractivity contribution in [3.05, 3.63) is 186 Å². The maximum Gasteiger partial charge on any atom is 0.401 e. The third-order valence-electron chi connectivity index (χ3n) is 10.3. The van der Waals surface area contributed by atoms with Crippen LogP contribution in [0, 0.1) is 22.3 Å². The van der Waals surface area contributed by atoms with Crippen LogP contribution >= 0.6 is 0 Å². The van der Waals surface area contributed by atoms with Crippen molar-refractivity contribution in [2.45, 2.75) is 75.4 Å². The van der Waals surface area contributed by atoms with Crippen LogP contribution < -0.4 is 28.4 Å². The molecule has 0 atom stereocenters. The molecular weight excluding hydrogens is 937 g/mol. The van der Waals surface area contributed by atoms with Gasteiger partial charge >= 0.3 is 17.8 Å². The average molecular weight is 1020 g/mol. The molecule has 0 amide bonds. The number of aromatic nitrogens is 9. The van der Waals surface area contributed by atoms with E-state index in [-0.39, 0.29) is 22.3 Å².